The summed E-state index contributed by atoms with van der Waals surface area (Å²) in [5.74, 6) is -2.39. The molecule has 1 atom stereocenters. The monoisotopic (exact) mass is 298 g/mol. The average Bonchev–Trinajstić information content (AvgIpc) is 1.91. The highest BCUT2D eigenvalue weighted by atomic mass is 32.2. The molecule has 0 aliphatic carbocycles. The second-order valence-electron chi connectivity index (χ2n) is 2.96. The highest BCUT2D eigenvalue weighted by Crippen LogP contribution is 2.08. The lowest BCUT2D eigenvalue weighted by Crippen LogP contribution is -2.31. The minimum Gasteiger partial charge on any atom is -0.286 e. The molecule has 0 aliphatic rings. The van der Waals surface area contributed by atoms with Crippen molar-refractivity contribution in [1.82, 2.24) is 0 Å². The standard InChI is InChI=1S/C4H10O9S3/c5-14(6,7)2-1-4(16(11,12)13)3-15(8,9)10/h4H,1-3H2,(H,5,6,7)(H,8,9,10)(H,11,12,13). The topological polar surface area (TPSA) is 163 Å². The van der Waals surface area contributed by atoms with E-state index in [9.17, 15) is 25.3 Å². The lowest BCUT2D eigenvalue weighted by molar-refractivity contribution is 0.452. The van der Waals surface area contributed by atoms with Crippen LogP contribution < -0.4 is 0 Å². The molecule has 0 aromatic heterocycles. The second kappa shape index (κ2) is 4.93. The van der Waals surface area contributed by atoms with Gasteiger partial charge in [-0.1, -0.05) is 0 Å². The minimum absolute atomic E-state index is 0.850. The van der Waals surface area contributed by atoms with Gasteiger partial charge in [0.1, 0.15) is 5.25 Å². The van der Waals surface area contributed by atoms with E-state index in [2.05, 4.69) is 0 Å². The first-order valence-electron chi connectivity index (χ1n) is 3.68. The Kier molecular flexibility index (Phi) is 4.85. The number of hydrogen-bond donors (Lipinski definition) is 3. The van der Waals surface area contributed by atoms with Crippen LogP contribution in [-0.4, -0.2) is 55.7 Å². The van der Waals surface area contributed by atoms with Crippen LogP contribution >= 0.6 is 0 Å². The molecule has 12 heteroatoms. The molecular weight excluding hydrogens is 288 g/mol. The van der Waals surface area contributed by atoms with E-state index in [1.54, 1.807) is 0 Å². The van der Waals surface area contributed by atoms with Crippen LogP contribution in [0.3, 0.4) is 0 Å². The maximum absolute atomic E-state index is 10.6. The largest absolute Gasteiger partial charge is 0.286 e. The Hall–Kier alpha value is -0.270. The Balaban J connectivity index is 4.87. The third-order valence-electron chi connectivity index (χ3n) is 1.52. The first-order valence-corrected chi connectivity index (χ1v) is 8.40. The lowest BCUT2D eigenvalue weighted by Gasteiger charge is -2.10. The van der Waals surface area contributed by atoms with Crippen molar-refractivity contribution < 1.29 is 38.9 Å². The van der Waals surface area contributed by atoms with Crippen LogP contribution in [0.15, 0.2) is 0 Å². The fourth-order valence-corrected chi connectivity index (χ4v) is 3.82. The molecule has 0 fully saturated rings. The van der Waals surface area contributed by atoms with E-state index in [1.807, 2.05) is 0 Å². The van der Waals surface area contributed by atoms with Crippen molar-refractivity contribution in [3.63, 3.8) is 0 Å². The van der Waals surface area contributed by atoms with Gasteiger partial charge in [-0.15, -0.1) is 0 Å². The predicted octanol–water partition coefficient (Wildman–Crippen LogP) is -1.59. The van der Waals surface area contributed by atoms with Gasteiger partial charge in [-0.05, 0) is 6.42 Å². The van der Waals surface area contributed by atoms with Gasteiger partial charge in [-0.25, -0.2) is 0 Å². The van der Waals surface area contributed by atoms with Crippen molar-refractivity contribution in [2.24, 2.45) is 0 Å². The Morgan fingerprint density at radius 1 is 0.812 bits per heavy atom. The minimum atomic E-state index is -4.84. The third-order valence-corrected chi connectivity index (χ3v) is 4.55. The van der Waals surface area contributed by atoms with Crippen LogP contribution in [0.1, 0.15) is 6.42 Å². The van der Waals surface area contributed by atoms with Crippen molar-refractivity contribution in [2.45, 2.75) is 11.7 Å². The van der Waals surface area contributed by atoms with E-state index >= 15 is 0 Å². The molecule has 0 saturated carbocycles. The molecule has 0 aromatic carbocycles. The van der Waals surface area contributed by atoms with Crippen molar-refractivity contribution in [2.75, 3.05) is 11.5 Å². The molecule has 0 aromatic rings. The molecule has 0 aliphatic heterocycles. The number of hydrogen-bond acceptors (Lipinski definition) is 6. The SMILES string of the molecule is O=S(=O)(O)CCC(CS(=O)(=O)O)S(=O)(=O)O. The van der Waals surface area contributed by atoms with Gasteiger partial charge in [0.05, 0.1) is 11.5 Å². The summed E-state index contributed by atoms with van der Waals surface area (Å²) in [6.45, 7) is 0. The molecule has 0 heterocycles. The van der Waals surface area contributed by atoms with Gasteiger partial charge in [0.2, 0.25) is 0 Å². The van der Waals surface area contributed by atoms with Crippen LogP contribution in [0.25, 0.3) is 0 Å². The second-order valence-corrected chi connectivity index (χ2v) is 7.73. The third kappa shape index (κ3) is 7.95. The Labute approximate surface area is 92.7 Å². The molecule has 0 saturated heterocycles. The number of rotatable bonds is 6. The van der Waals surface area contributed by atoms with Crippen molar-refractivity contribution in [3.8, 4) is 0 Å². The molecule has 0 bridgehead atoms. The fourth-order valence-electron chi connectivity index (χ4n) is 0.834. The van der Waals surface area contributed by atoms with Gasteiger partial charge in [0.25, 0.3) is 30.4 Å². The molecule has 9 nitrogen and oxygen atoms in total. The zero-order valence-electron chi connectivity index (χ0n) is 7.71. The molecule has 1 unspecified atom stereocenters. The summed E-state index contributed by atoms with van der Waals surface area (Å²) >= 11 is 0. The summed E-state index contributed by atoms with van der Waals surface area (Å²) in [7, 11) is -14.0. The van der Waals surface area contributed by atoms with E-state index in [0.29, 0.717) is 0 Å². The smallest absolute Gasteiger partial charge is 0.268 e. The van der Waals surface area contributed by atoms with E-state index in [0.717, 1.165) is 0 Å². The van der Waals surface area contributed by atoms with Crippen LogP contribution in [0.2, 0.25) is 0 Å². The normalized spacial score (nSPS) is 15.9. The van der Waals surface area contributed by atoms with Gasteiger partial charge in [-0.2, -0.15) is 25.3 Å². The van der Waals surface area contributed by atoms with Gasteiger partial charge in [0.15, 0.2) is 0 Å². The summed E-state index contributed by atoms with van der Waals surface area (Å²) in [6, 6.07) is 0. The molecule has 0 amide bonds. The van der Waals surface area contributed by atoms with Crippen LogP contribution in [0.4, 0.5) is 0 Å². The molecule has 0 rings (SSSR count). The highest BCUT2D eigenvalue weighted by molar-refractivity contribution is 7.90. The van der Waals surface area contributed by atoms with E-state index in [4.69, 9.17) is 13.7 Å². The Bertz CT molecular complexity index is 523. The van der Waals surface area contributed by atoms with Crippen LogP contribution in [0.5, 0.6) is 0 Å². The molecule has 3 N–H and O–H groups in total. The quantitative estimate of drug-likeness (QED) is 0.490. The molecule has 0 radical (unpaired) electrons. The van der Waals surface area contributed by atoms with Gasteiger partial charge in [0, 0.05) is 0 Å². The molecule has 98 valence electrons. The maximum Gasteiger partial charge on any atom is 0.268 e. The van der Waals surface area contributed by atoms with Crippen molar-refractivity contribution >= 4 is 30.4 Å². The van der Waals surface area contributed by atoms with Gasteiger partial charge < -0.3 is 0 Å². The zero-order valence-corrected chi connectivity index (χ0v) is 10.2. The van der Waals surface area contributed by atoms with Crippen molar-refractivity contribution in [3.05, 3.63) is 0 Å². The van der Waals surface area contributed by atoms with Crippen LogP contribution in [0, 0.1) is 0 Å². The summed E-state index contributed by atoms with van der Waals surface area (Å²) in [5, 5.41) is -2.01. The average molecular weight is 298 g/mol. The first-order chi connectivity index (χ1) is 6.81. The first kappa shape index (κ1) is 15.7. The lowest BCUT2D eigenvalue weighted by atomic mass is 10.4. The maximum atomic E-state index is 10.6. The van der Waals surface area contributed by atoms with Crippen molar-refractivity contribution in [1.29, 1.82) is 0 Å². The summed E-state index contributed by atoms with van der Waals surface area (Å²) in [5.41, 5.74) is 0. The summed E-state index contributed by atoms with van der Waals surface area (Å²) in [6.07, 6.45) is -0.850. The molecule has 0 spiro atoms. The van der Waals surface area contributed by atoms with Gasteiger partial charge in [-0.3, -0.25) is 13.7 Å². The van der Waals surface area contributed by atoms with Gasteiger partial charge >= 0.3 is 0 Å². The predicted molar refractivity (Wildman–Crippen MR) is 52.8 cm³/mol. The van der Waals surface area contributed by atoms with Crippen LogP contribution in [-0.2, 0) is 30.4 Å². The zero-order chi connectivity index (χ0) is 13.2. The van der Waals surface area contributed by atoms with E-state index in [1.165, 1.54) is 0 Å². The summed E-state index contributed by atoms with van der Waals surface area (Å²) in [4.78, 5) is 0. The highest BCUT2D eigenvalue weighted by Gasteiger charge is 2.29. The Morgan fingerprint density at radius 3 is 1.50 bits per heavy atom. The fraction of sp³-hybridized carbons (Fsp3) is 1.00. The molecular formula is C4H10O9S3. The van der Waals surface area contributed by atoms with E-state index in [-0.39, 0.29) is 0 Å². The summed E-state index contributed by atoms with van der Waals surface area (Å²) < 4.78 is 87.8. The molecule has 16 heavy (non-hydrogen) atoms. The van der Waals surface area contributed by atoms with E-state index < -0.39 is 53.5 Å². The Morgan fingerprint density at radius 2 is 1.25 bits per heavy atom.